The Kier molecular flexibility index (Phi) is 17.7. The lowest BCUT2D eigenvalue weighted by Gasteiger charge is -2.23. The zero-order valence-electron chi connectivity index (χ0n) is 46.4. The van der Waals surface area contributed by atoms with Gasteiger partial charge in [0.25, 0.3) is 0 Å². The van der Waals surface area contributed by atoms with Crippen LogP contribution in [0.25, 0.3) is 44.6 Å². The SMILES string of the molecule is CO[C@H](C)[C@@H](C)n1c(Cc2cc(F)c(-c3cccc(OCc4ccc(Cl)cc4F)n3)cc2F)nc2ccc(C(=O)OC(=O)c3ccc4nc(Cc5cc(F)c(-c6cccc(OCc7ccc(Cl)cc7F)n6)cc5F)n([C@H](C)[C@@H](C)OC)c4c3)cc21. The van der Waals surface area contributed by atoms with Crippen molar-refractivity contribution in [2.75, 3.05) is 14.2 Å². The van der Waals surface area contributed by atoms with Crippen LogP contribution in [0.3, 0.4) is 0 Å². The summed E-state index contributed by atoms with van der Waals surface area (Å²) in [5.74, 6) is -5.50. The molecule has 10 rings (SSSR count). The Bertz CT molecular complexity index is 3940. The number of imidazole rings is 2. The number of halogens is 8. The fourth-order valence-electron chi connectivity index (χ4n) is 9.77. The molecule has 436 valence electrons. The Hall–Kier alpha value is -8.62. The smallest absolute Gasteiger partial charge is 0.346 e. The van der Waals surface area contributed by atoms with Gasteiger partial charge in [0.2, 0.25) is 11.8 Å². The van der Waals surface area contributed by atoms with E-state index in [2.05, 4.69) is 9.97 Å². The maximum Gasteiger partial charge on any atom is 0.346 e. The molecule has 85 heavy (non-hydrogen) atoms. The van der Waals surface area contributed by atoms with E-state index in [1.165, 1.54) is 87.0 Å². The van der Waals surface area contributed by atoms with Crippen LogP contribution in [0.4, 0.5) is 26.3 Å². The molecule has 21 heteroatoms. The summed E-state index contributed by atoms with van der Waals surface area (Å²) in [5, 5.41) is 0.444. The molecule has 6 aromatic carbocycles. The number of ether oxygens (including phenoxy) is 5. The molecule has 0 N–H and O–H groups in total. The van der Waals surface area contributed by atoms with Crippen molar-refractivity contribution in [1.29, 1.82) is 0 Å². The normalized spacial score (nSPS) is 13.0. The monoisotopic (exact) mass is 1200 g/mol. The lowest BCUT2D eigenvalue weighted by molar-refractivity contribution is 0.0397. The molecule has 0 spiro atoms. The topological polar surface area (TPSA) is 142 Å². The van der Waals surface area contributed by atoms with Crippen LogP contribution in [0.5, 0.6) is 11.8 Å². The molecule has 4 atom stereocenters. The zero-order valence-corrected chi connectivity index (χ0v) is 47.9. The predicted molar refractivity (Wildman–Crippen MR) is 308 cm³/mol. The average molecular weight is 1200 g/mol. The number of carbonyl (C=O) groups is 2. The predicted octanol–water partition coefficient (Wildman–Crippen LogP) is 15.2. The van der Waals surface area contributed by atoms with E-state index in [1.807, 2.05) is 27.7 Å². The zero-order chi connectivity index (χ0) is 60.4. The number of rotatable bonds is 20. The van der Waals surface area contributed by atoms with Crippen molar-refractivity contribution in [1.82, 2.24) is 29.1 Å². The quantitative estimate of drug-likeness (QED) is 0.0409. The number of hydrogen-bond donors (Lipinski definition) is 0. The summed E-state index contributed by atoms with van der Waals surface area (Å²) >= 11 is 11.7. The highest BCUT2D eigenvalue weighted by atomic mass is 35.5. The first-order valence-electron chi connectivity index (χ1n) is 26.6. The summed E-state index contributed by atoms with van der Waals surface area (Å²) in [6, 6.07) is 29.5. The van der Waals surface area contributed by atoms with Gasteiger partial charge in [-0.3, -0.25) is 0 Å². The Morgan fingerprint density at radius 2 is 0.871 bits per heavy atom. The second-order valence-electron chi connectivity index (χ2n) is 20.2. The summed E-state index contributed by atoms with van der Waals surface area (Å²) in [4.78, 5) is 46.1. The van der Waals surface area contributed by atoms with Crippen molar-refractivity contribution in [3.8, 4) is 34.3 Å². The highest BCUT2D eigenvalue weighted by molar-refractivity contribution is 6.30. The number of esters is 2. The van der Waals surface area contributed by atoms with Crippen LogP contribution in [-0.4, -0.2) is 67.4 Å². The Morgan fingerprint density at radius 1 is 0.471 bits per heavy atom. The van der Waals surface area contributed by atoms with E-state index in [0.29, 0.717) is 33.7 Å². The van der Waals surface area contributed by atoms with Gasteiger partial charge in [0.05, 0.1) is 68.9 Å². The van der Waals surface area contributed by atoms with Gasteiger partial charge in [0.1, 0.15) is 59.8 Å². The Balaban J connectivity index is 0.878. The molecule has 0 bridgehead atoms. The lowest BCUT2D eigenvalue weighted by Crippen LogP contribution is -2.23. The van der Waals surface area contributed by atoms with Crippen LogP contribution in [-0.2, 0) is 40.3 Å². The summed E-state index contributed by atoms with van der Waals surface area (Å²) in [5.41, 5.74) is 1.80. The lowest BCUT2D eigenvalue weighted by atomic mass is 10.0. The molecule has 0 saturated heterocycles. The number of benzene rings is 6. The number of hydrogen-bond acceptors (Lipinski definition) is 11. The molecule has 0 radical (unpaired) electrons. The van der Waals surface area contributed by atoms with Gasteiger partial charge in [-0.05, 0) is 136 Å². The standard InChI is InChI=1S/C64H52Cl2F6N6O7/c1-33(35(3)81-5)77-57-23-37(15-19-55(57)73-59(77)25-41-21-51(71)45(29-49(41)69)53-9-7-11-61(75-53)83-31-39-13-17-43(65)27-47(39)67)63(79)85-64(80)38-16-20-56-58(24-38)78(34(2)36(4)82-6)60(74-56)26-42-22-52(72)46(30-50(42)70)54-10-8-12-62(76-54)84-32-40-14-18-44(66)28-48(40)68/h7-24,27-30,33-36H,25-26,31-32H2,1-6H3/t33-,34-,35-,36-/m1/s1. The maximum atomic E-state index is 16.2. The van der Waals surface area contributed by atoms with Crippen molar-refractivity contribution < 1.29 is 59.6 Å². The van der Waals surface area contributed by atoms with Gasteiger partial charge < -0.3 is 32.8 Å². The largest absolute Gasteiger partial charge is 0.473 e. The second-order valence-corrected chi connectivity index (χ2v) is 21.1. The first kappa shape index (κ1) is 59.5. The van der Waals surface area contributed by atoms with Gasteiger partial charge in [-0.2, -0.15) is 0 Å². The highest BCUT2D eigenvalue weighted by Gasteiger charge is 2.28. The van der Waals surface area contributed by atoms with Crippen molar-refractivity contribution in [3.63, 3.8) is 0 Å². The molecule has 0 aliphatic rings. The van der Waals surface area contributed by atoms with Crippen molar-refractivity contribution in [2.45, 2.75) is 78.0 Å². The molecule has 0 aliphatic carbocycles. The number of carbonyl (C=O) groups excluding carboxylic acids is 2. The number of fused-ring (bicyclic) bond motifs is 2. The summed E-state index contributed by atoms with van der Waals surface area (Å²) in [6.07, 6.45) is -1.27. The fourth-order valence-corrected chi connectivity index (χ4v) is 10.1. The molecule has 10 aromatic rings. The molecular weight excluding hydrogens is 1150 g/mol. The molecule has 0 saturated carbocycles. The molecule has 0 unspecified atom stereocenters. The second kappa shape index (κ2) is 25.3. The van der Waals surface area contributed by atoms with E-state index in [-0.39, 0.29) is 104 Å². The number of aromatic nitrogens is 6. The molecule has 0 aliphatic heterocycles. The number of methoxy groups -OCH3 is 2. The maximum absolute atomic E-state index is 16.2. The Morgan fingerprint density at radius 3 is 1.26 bits per heavy atom. The third-order valence-corrected chi connectivity index (χ3v) is 15.3. The van der Waals surface area contributed by atoms with Crippen LogP contribution < -0.4 is 9.47 Å². The molecule has 13 nitrogen and oxygen atoms in total. The van der Waals surface area contributed by atoms with E-state index in [0.717, 1.165) is 36.4 Å². The average Bonchev–Trinajstić information content (AvgIpc) is 4.20. The first-order valence-corrected chi connectivity index (χ1v) is 27.4. The van der Waals surface area contributed by atoms with Crippen molar-refractivity contribution >= 4 is 57.2 Å². The van der Waals surface area contributed by atoms with E-state index >= 15 is 17.6 Å². The molecule has 4 heterocycles. The third kappa shape index (κ3) is 12.9. The minimum Gasteiger partial charge on any atom is -0.473 e. The van der Waals surface area contributed by atoms with E-state index < -0.39 is 71.1 Å². The van der Waals surface area contributed by atoms with Gasteiger partial charge in [-0.25, -0.2) is 55.9 Å². The van der Waals surface area contributed by atoms with Crippen LogP contribution in [0, 0.1) is 34.9 Å². The number of pyridine rings is 2. The van der Waals surface area contributed by atoms with Crippen molar-refractivity contribution in [3.05, 3.63) is 223 Å². The first-order chi connectivity index (χ1) is 40.8. The van der Waals surface area contributed by atoms with Crippen LogP contribution in [0.15, 0.2) is 133 Å². The molecular formula is C64H52Cl2F6N6O7. The Labute approximate surface area is 493 Å². The van der Waals surface area contributed by atoms with Gasteiger partial charge in [0.15, 0.2) is 0 Å². The minimum atomic E-state index is -1.00. The molecule has 0 fully saturated rings. The van der Waals surface area contributed by atoms with E-state index in [1.54, 1.807) is 33.4 Å². The fraction of sp³-hybridized carbons (Fsp3) is 0.219. The van der Waals surface area contributed by atoms with Gasteiger partial charge in [-0.15, -0.1) is 0 Å². The van der Waals surface area contributed by atoms with E-state index in [9.17, 15) is 18.4 Å². The molecule has 4 aromatic heterocycles. The van der Waals surface area contributed by atoms with Gasteiger partial charge in [-0.1, -0.05) is 47.5 Å². The summed E-state index contributed by atoms with van der Waals surface area (Å²) in [6.45, 7) is 6.93. The van der Waals surface area contributed by atoms with Gasteiger partial charge >= 0.3 is 11.9 Å². The number of nitrogens with zero attached hydrogens (tertiary/aromatic N) is 6. The highest BCUT2D eigenvalue weighted by Crippen LogP contribution is 2.34. The van der Waals surface area contributed by atoms with Crippen LogP contribution in [0.2, 0.25) is 10.0 Å². The van der Waals surface area contributed by atoms with Gasteiger partial charge in [0, 0.05) is 71.5 Å². The summed E-state index contributed by atoms with van der Waals surface area (Å²) in [7, 11) is 3.04. The summed E-state index contributed by atoms with van der Waals surface area (Å²) < 4.78 is 125. The van der Waals surface area contributed by atoms with E-state index in [4.69, 9.17) is 56.9 Å². The van der Waals surface area contributed by atoms with Crippen molar-refractivity contribution in [2.24, 2.45) is 0 Å². The minimum absolute atomic E-state index is 0.0247. The third-order valence-electron chi connectivity index (χ3n) is 14.8. The van der Waals surface area contributed by atoms with Crippen LogP contribution in [0.1, 0.15) is 94.4 Å². The van der Waals surface area contributed by atoms with Crippen LogP contribution >= 0.6 is 23.2 Å². The molecule has 0 amide bonds.